The first-order valence-electron chi connectivity index (χ1n) is 25.9. The molecule has 0 bridgehead atoms. The molecule has 4 aliphatic rings. The zero-order chi connectivity index (χ0) is 54.2. The van der Waals surface area contributed by atoms with Crippen LogP contribution in [-0.2, 0) is 50.1 Å². The minimum absolute atomic E-state index is 0.000731. The summed E-state index contributed by atoms with van der Waals surface area (Å²) in [6.45, 7) is 4.36. The van der Waals surface area contributed by atoms with Gasteiger partial charge in [0.1, 0.15) is 25.3 Å². The Hall–Kier alpha value is -8.20. The number of nitrogens with zero attached hydrogens (tertiary/aromatic N) is 3. The molecule has 5 atom stereocenters. The predicted molar refractivity (Wildman–Crippen MR) is 290 cm³/mol. The van der Waals surface area contributed by atoms with Crippen LogP contribution in [0, 0.1) is 0 Å². The van der Waals surface area contributed by atoms with E-state index in [-0.39, 0.29) is 55.9 Å². The van der Waals surface area contributed by atoms with Gasteiger partial charge in [-0.15, -0.1) is 0 Å². The molecule has 0 radical (unpaired) electrons. The van der Waals surface area contributed by atoms with Crippen LogP contribution in [0.5, 0.6) is 23.0 Å². The van der Waals surface area contributed by atoms with Gasteiger partial charge in [0.15, 0.2) is 29.2 Å². The van der Waals surface area contributed by atoms with E-state index in [0.717, 1.165) is 28.9 Å². The third-order valence-corrected chi connectivity index (χ3v) is 14.1. The predicted octanol–water partition coefficient (Wildman–Crippen LogP) is 5.90. The molecule has 9 rings (SSSR count). The summed E-state index contributed by atoms with van der Waals surface area (Å²) in [5.41, 5.74) is 7.88. The fraction of sp³-hybridized carbons (Fsp3) is 0.368. The van der Waals surface area contributed by atoms with Crippen LogP contribution in [0.1, 0.15) is 90.4 Å². The molecule has 1 unspecified atom stereocenters. The van der Waals surface area contributed by atoms with Crippen LogP contribution in [-0.4, -0.2) is 98.9 Å². The molecule has 8 N–H and O–H groups in total. The topological polar surface area (TPSA) is 257 Å². The van der Waals surface area contributed by atoms with Crippen LogP contribution in [0.4, 0.5) is 28.4 Å². The number of unbranched alkanes of at least 4 members (excludes halogenated alkanes) is 1. The van der Waals surface area contributed by atoms with Crippen molar-refractivity contribution in [1.82, 2.24) is 16.0 Å². The SMILES string of the molecule is COc1cc2c(cc1OCc1cc(COc3cc4c(cc3OC)C(=O)N3c5ccccc5C[C@H]3CN4)cc(NC(=O)[C@H](C)NC(=O)[C@H](C)NC(=O)CCCCC(=O)NCCCON)c1)N=C[C@@H]1Cc3ccccc3N1C2O. The van der Waals surface area contributed by atoms with E-state index in [0.29, 0.717) is 108 Å². The smallest absolute Gasteiger partial charge is 0.260 e. The normalized spacial score (nSPS) is 17.3. The molecule has 0 fully saturated rings. The van der Waals surface area contributed by atoms with Crippen molar-refractivity contribution >= 4 is 64.2 Å². The number of fused-ring (bicyclic) bond motifs is 8. The average Bonchev–Trinajstić information content (AvgIpc) is 4.02. The van der Waals surface area contributed by atoms with Gasteiger partial charge >= 0.3 is 0 Å². The number of carbonyl (C=O) groups is 5. The Morgan fingerprint density at radius 3 is 2.13 bits per heavy atom. The lowest BCUT2D eigenvalue weighted by atomic mass is 10.1. The van der Waals surface area contributed by atoms with Crippen LogP contribution >= 0.6 is 0 Å². The van der Waals surface area contributed by atoms with Crippen molar-refractivity contribution in [3.8, 4) is 23.0 Å². The highest BCUT2D eigenvalue weighted by Crippen LogP contribution is 2.46. The molecule has 4 heterocycles. The van der Waals surface area contributed by atoms with Crippen molar-refractivity contribution in [3.05, 3.63) is 124 Å². The van der Waals surface area contributed by atoms with Crippen LogP contribution < -0.4 is 61.2 Å². The molecular weight excluding hydrogens is 987 g/mol. The molecule has 0 saturated heterocycles. The van der Waals surface area contributed by atoms with Crippen molar-refractivity contribution in [3.63, 3.8) is 0 Å². The Kier molecular flexibility index (Phi) is 16.9. The molecule has 77 heavy (non-hydrogen) atoms. The average molecular weight is 1050 g/mol. The molecule has 5 aromatic rings. The van der Waals surface area contributed by atoms with Gasteiger partial charge in [-0.05, 0) is 104 Å². The summed E-state index contributed by atoms with van der Waals surface area (Å²) in [6, 6.07) is 26.0. The number of ether oxygens (including phenoxy) is 4. The number of rotatable bonds is 22. The zero-order valence-electron chi connectivity index (χ0n) is 43.6. The number of amides is 5. The summed E-state index contributed by atoms with van der Waals surface area (Å²) >= 11 is 0. The molecule has 4 aliphatic heterocycles. The molecule has 0 saturated carbocycles. The van der Waals surface area contributed by atoms with E-state index in [1.54, 1.807) is 36.4 Å². The Morgan fingerprint density at radius 1 is 0.766 bits per heavy atom. The number of nitrogens with two attached hydrogens (primary N) is 1. The summed E-state index contributed by atoms with van der Waals surface area (Å²) in [4.78, 5) is 79.0. The van der Waals surface area contributed by atoms with Crippen molar-refractivity contribution < 1.29 is 52.9 Å². The van der Waals surface area contributed by atoms with Crippen LogP contribution in [0.2, 0.25) is 0 Å². The van der Waals surface area contributed by atoms with Gasteiger partial charge in [-0.1, -0.05) is 36.4 Å². The quantitative estimate of drug-likeness (QED) is 0.0315. The maximum Gasteiger partial charge on any atom is 0.260 e. The molecule has 0 aromatic heterocycles. The molecule has 20 nitrogen and oxygen atoms in total. The maximum atomic E-state index is 14.1. The minimum atomic E-state index is -1.02. The molecular formula is C57H65N9O11. The molecule has 5 amide bonds. The van der Waals surface area contributed by atoms with Crippen LogP contribution in [0.3, 0.4) is 0 Å². The fourth-order valence-electron chi connectivity index (χ4n) is 10.2. The van der Waals surface area contributed by atoms with Gasteiger partial charge in [-0.2, -0.15) is 0 Å². The number of carbonyl (C=O) groups excluding carboxylic acids is 5. The van der Waals surface area contributed by atoms with Crippen molar-refractivity contribution in [2.24, 2.45) is 10.9 Å². The second-order valence-electron chi connectivity index (χ2n) is 19.5. The summed E-state index contributed by atoms with van der Waals surface area (Å²) in [6.07, 6.45) is 4.17. The number of nitrogens with one attached hydrogen (secondary N) is 5. The Morgan fingerprint density at radius 2 is 1.42 bits per heavy atom. The summed E-state index contributed by atoms with van der Waals surface area (Å²) < 4.78 is 24.5. The molecule has 5 aromatic carbocycles. The third kappa shape index (κ3) is 12.3. The molecule has 404 valence electrons. The Balaban J connectivity index is 0.894. The molecule has 0 spiro atoms. The van der Waals surface area contributed by atoms with Crippen molar-refractivity contribution in [2.45, 2.75) is 102 Å². The van der Waals surface area contributed by atoms with E-state index in [9.17, 15) is 29.1 Å². The van der Waals surface area contributed by atoms with Gasteiger partial charge in [0.25, 0.3) is 5.91 Å². The van der Waals surface area contributed by atoms with Crippen LogP contribution in [0.25, 0.3) is 0 Å². The number of anilines is 4. The lowest BCUT2D eigenvalue weighted by Crippen LogP contribution is -2.50. The number of methoxy groups -OCH3 is 2. The first kappa shape index (κ1) is 53.6. The van der Waals surface area contributed by atoms with Crippen molar-refractivity contribution in [1.29, 1.82) is 0 Å². The Labute approximate surface area is 446 Å². The number of para-hydroxylation sites is 2. The second-order valence-corrected chi connectivity index (χ2v) is 19.5. The summed E-state index contributed by atoms with van der Waals surface area (Å²) in [5, 5.41) is 26.3. The van der Waals surface area contributed by atoms with E-state index in [1.165, 1.54) is 28.1 Å². The minimum Gasteiger partial charge on any atom is -0.493 e. The zero-order valence-corrected chi connectivity index (χ0v) is 43.6. The van der Waals surface area contributed by atoms with Gasteiger partial charge in [-0.25, -0.2) is 5.90 Å². The van der Waals surface area contributed by atoms with Crippen molar-refractivity contribution in [2.75, 3.05) is 54.3 Å². The first-order chi connectivity index (χ1) is 37.3. The number of aliphatic hydroxyl groups excluding tert-OH is 1. The number of hydrogen-bond donors (Lipinski definition) is 7. The van der Waals surface area contributed by atoms with Crippen LogP contribution in [0.15, 0.2) is 96.0 Å². The number of aliphatic imine (C=N–C) groups is 1. The van der Waals surface area contributed by atoms with E-state index in [2.05, 4.69) is 37.5 Å². The van der Waals surface area contributed by atoms with Gasteiger partial charge in [0.2, 0.25) is 23.6 Å². The van der Waals surface area contributed by atoms with E-state index in [4.69, 9.17) is 29.8 Å². The standard InChI is InChI=1S/C57H65N9O11/c1-33(62-53(68)17-10-9-16-52(67)59-18-11-19-77-58)54(69)63-34(2)55(70)64-39-21-35(31-75-50-27-44-42(25-48(50)73-3)56(71)65-40(29-60-44)23-37-12-5-7-14-46(37)65)20-36(22-39)32-76-51-28-45-43(26-49(51)74-4)57(72)66-41(30-61-45)24-38-13-6-8-15-47(38)66/h5-8,12-15,20-22,25-29,33-34,40-41,56,61,71H,9-11,16-19,23-24,30-32,58H2,1-4H3,(H,59,67)(H,62,68)(H,63,69)(H,64,70)/t33-,34-,40-,41-,56?/m0/s1. The first-order valence-corrected chi connectivity index (χ1v) is 25.9. The second kappa shape index (κ2) is 24.2. The lowest BCUT2D eigenvalue weighted by Gasteiger charge is -2.29. The Bertz CT molecular complexity index is 3060. The highest BCUT2D eigenvalue weighted by molar-refractivity contribution is 6.12. The maximum absolute atomic E-state index is 14.1. The third-order valence-electron chi connectivity index (χ3n) is 14.1. The highest BCUT2D eigenvalue weighted by atomic mass is 16.6. The lowest BCUT2D eigenvalue weighted by molar-refractivity contribution is -0.130. The van der Waals surface area contributed by atoms with E-state index < -0.39 is 30.1 Å². The number of aliphatic hydroxyl groups is 1. The summed E-state index contributed by atoms with van der Waals surface area (Å²) in [5.74, 6) is 4.76. The molecule has 20 heteroatoms. The van der Waals surface area contributed by atoms with E-state index >= 15 is 0 Å². The summed E-state index contributed by atoms with van der Waals surface area (Å²) in [7, 11) is 3.04. The van der Waals surface area contributed by atoms with Gasteiger partial charge in [0, 0.05) is 73.3 Å². The fourth-order valence-corrected chi connectivity index (χ4v) is 10.2. The number of benzene rings is 5. The highest BCUT2D eigenvalue weighted by Gasteiger charge is 2.39. The molecule has 0 aliphatic carbocycles. The van der Waals surface area contributed by atoms with E-state index in [1.807, 2.05) is 64.5 Å². The largest absolute Gasteiger partial charge is 0.493 e. The van der Waals surface area contributed by atoms with Gasteiger partial charge in [0.05, 0.1) is 49.8 Å². The van der Waals surface area contributed by atoms with Gasteiger partial charge < -0.3 is 65.3 Å². The number of hydrogen-bond acceptors (Lipinski definition) is 15. The monoisotopic (exact) mass is 1050 g/mol. The van der Waals surface area contributed by atoms with Gasteiger partial charge in [-0.3, -0.25) is 29.0 Å².